The summed E-state index contributed by atoms with van der Waals surface area (Å²) in [6.07, 6.45) is 4.43. The number of methoxy groups -OCH3 is 1. The average molecular weight is 196 g/mol. The molecule has 1 rings (SSSR count). The predicted octanol–water partition coefficient (Wildman–Crippen LogP) is 1.26. The van der Waals surface area contributed by atoms with Crippen LogP contribution in [0.1, 0.15) is 0 Å². The van der Waals surface area contributed by atoms with E-state index in [-0.39, 0.29) is 5.97 Å². The van der Waals surface area contributed by atoms with Crippen LogP contribution >= 0.6 is 11.8 Å². The minimum absolute atomic E-state index is 0.374. The Kier molecular flexibility index (Phi) is 3.98. The Balaban J connectivity index is 2.44. The van der Waals surface area contributed by atoms with Crippen molar-refractivity contribution in [2.45, 2.75) is 5.03 Å². The number of aromatic nitrogens is 2. The first-order valence-electron chi connectivity index (χ1n) is 3.50. The first-order chi connectivity index (χ1) is 6.33. The molecule has 0 radical (unpaired) electrons. The molecule has 0 bridgehead atoms. The van der Waals surface area contributed by atoms with E-state index in [4.69, 9.17) is 0 Å². The second-order valence-corrected chi connectivity index (χ2v) is 2.92. The fourth-order valence-electron chi connectivity index (χ4n) is 0.576. The zero-order valence-corrected chi connectivity index (χ0v) is 7.82. The van der Waals surface area contributed by atoms with Crippen molar-refractivity contribution in [1.82, 2.24) is 9.97 Å². The minimum atomic E-state index is -0.374. The molecule has 13 heavy (non-hydrogen) atoms. The quantitative estimate of drug-likeness (QED) is 0.315. The number of carbonyl (C=O) groups is 1. The molecule has 0 aliphatic rings. The van der Waals surface area contributed by atoms with Crippen LogP contribution in [0.5, 0.6) is 0 Å². The summed E-state index contributed by atoms with van der Waals surface area (Å²) >= 11 is 1.33. The van der Waals surface area contributed by atoms with Crippen LogP contribution in [-0.4, -0.2) is 23.0 Å². The SMILES string of the molecule is COC(=O)C=CSc1ccncn1. The van der Waals surface area contributed by atoms with Gasteiger partial charge in [0.2, 0.25) is 0 Å². The lowest BCUT2D eigenvalue weighted by Crippen LogP contribution is -1.92. The summed E-state index contributed by atoms with van der Waals surface area (Å²) in [5.74, 6) is -0.374. The van der Waals surface area contributed by atoms with Crippen LogP contribution in [0.15, 0.2) is 35.1 Å². The van der Waals surface area contributed by atoms with Crippen molar-refractivity contribution in [3.63, 3.8) is 0 Å². The standard InChI is InChI=1S/C8H8N2O2S/c1-12-8(11)3-5-13-7-2-4-9-6-10-7/h2-6H,1H3. The van der Waals surface area contributed by atoms with Crippen LogP contribution < -0.4 is 0 Å². The van der Waals surface area contributed by atoms with Crippen molar-refractivity contribution in [3.8, 4) is 0 Å². The van der Waals surface area contributed by atoms with Crippen LogP contribution in [0.2, 0.25) is 0 Å². The molecule has 1 heterocycles. The van der Waals surface area contributed by atoms with Gasteiger partial charge in [-0.25, -0.2) is 14.8 Å². The molecule has 4 nitrogen and oxygen atoms in total. The summed E-state index contributed by atoms with van der Waals surface area (Å²) < 4.78 is 4.42. The van der Waals surface area contributed by atoms with E-state index in [0.717, 1.165) is 5.03 Å². The van der Waals surface area contributed by atoms with Gasteiger partial charge in [0.15, 0.2) is 0 Å². The second kappa shape index (κ2) is 5.31. The molecule has 1 aromatic heterocycles. The Bertz CT molecular complexity index is 300. The van der Waals surface area contributed by atoms with Gasteiger partial charge in [-0.2, -0.15) is 0 Å². The van der Waals surface area contributed by atoms with Gasteiger partial charge in [-0.3, -0.25) is 0 Å². The third-order valence-electron chi connectivity index (χ3n) is 1.15. The van der Waals surface area contributed by atoms with Crippen LogP contribution in [0.25, 0.3) is 0 Å². The summed E-state index contributed by atoms with van der Waals surface area (Å²) in [6.45, 7) is 0. The summed E-state index contributed by atoms with van der Waals surface area (Å²) in [4.78, 5) is 18.4. The van der Waals surface area contributed by atoms with Crippen molar-refractivity contribution >= 4 is 17.7 Å². The molecule has 0 aliphatic carbocycles. The fourth-order valence-corrected chi connectivity index (χ4v) is 1.14. The Morgan fingerprint density at radius 2 is 2.54 bits per heavy atom. The zero-order chi connectivity index (χ0) is 9.52. The molecule has 0 unspecified atom stereocenters. The molecule has 0 spiro atoms. The molecule has 1 aromatic rings. The van der Waals surface area contributed by atoms with E-state index in [0.29, 0.717) is 0 Å². The second-order valence-electron chi connectivity index (χ2n) is 1.99. The molecule has 0 N–H and O–H groups in total. The maximum atomic E-state index is 10.6. The molecule has 0 aliphatic heterocycles. The van der Waals surface area contributed by atoms with Gasteiger partial charge in [0.25, 0.3) is 0 Å². The van der Waals surface area contributed by atoms with Crippen molar-refractivity contribution in [1.29, 1.82) is 0 Å². The lowest BCUT2D eigenvalue weighted by molar-refractivity contribution is -0.134. The molecule has 0 amide bonds. The Labute approximate surface area is 80.0 Å². The zero-order valence-electron chi connectivity index (χ0n) is 7.01. The summed E-state index contributed by atoms with van der Waals surface area (Å²) in [5, 5.41) is 2.41. The van der Waals surface area contributed by atoms with Gasteiger partial charge in [-0.1, -0.05) is 11.8 Å². The number of thioether (sulfide) groups is 1. The van der Waals surface area contributed by atoms with E-state index in [1.54, 1.807) is 17.7 Å². The number of hydrogen-bond donors (Lipinski definition) is 0. The van der Waals surface area contributed by atoms with E-state index < -0.39 is 0 Å². The number of carbonyl (C=O) groups excluding carboxylic acids is 1. The van der Waals surface area contributed by atoms with Crippen molar-refractivity contribution < 1.29 is 9.53 Å². The monoisotopic (exact) mass is 196 g/mol. The van der Waals surface area contributed by atoms with Crippen LogP contribution in [-0.2, 0) is 9.53 Å². The van der Waals surface area contributed by atoms with Crippen molar-refractivity contribution in [2.75, 3.05) is 7.11 Å². The first kappa shape index (κ1) is 9.73. The van der Waals surface area contributed by atoms with E-state index in [1.807, 2.05) is 0 Å². The number of rotatable bonds is 3. The lowest BCUT2D eigenvalue weighted by atomic mass is 10.7. The Hall–Kier alpha value is -1.36. The van der Waals surface area contributed by atoms with Crippen LogP contribution in [0.3, 0.4) is 0 Å². The molecule has 0 atom stereocenters. The minimum Gasteiger partial charge on any atom is -0.466 e. The molecule has 68 valence electrons. The maximum absolute atomic E-state index is 10.6. The van der Waals surface area contributed by atoms with Gasteiger partial charge in [0, 0.05) is 12.3 Å². The van der Waals surface area contributed by atoms with Gasteiger partial charge in [0.1, 0.15) is 11.4 Å². The number of ether oxygens (including phenoxy) is 1. The summed E-state index contributed by atoms with van der Waals surface area (Å²) in [7, 11) is 1.34. The first-order valence-corrected chi connectivity index (χ1v) is 4.38. The van der Waals surface area contributed by atoms with Gasteiger partial charge in [-0.15, -0.1) is 0 Å². The maximum Gasteiger partial charge on any atom is 0.330 e. The van der Waals surface area contributed by atoms with Crippen LogP contribution in [0.4, 0.5) is 0 Å². The fraction of sp³-hybridized carbons (Fsp3) is 0.125. The van der Waals surface area contributed by atoms with E-state index in [9.17, 15) is 4.79 Å². The topological polar surface area (TPSA) is 52.1 Å². The largest absolute Gasteiger partial charge is 0.466 e. The van der Waals surface area contributed by atoms with E-state index in [1.165, 1.54) is 31.3 Å². The van der Waals surface area contributed by atoms with Gasteiger partial charge < -0.3 is 4.74 Å². The number of hydrogen-bond acceptors (Lipinski definition) is 5. The highest BCUT2D eigenvalue weighted by molar-refractivity contribution is 8.02. The van der Waals surface area contributed by atoms with Gasteiger partial charge in [0.05, 0.1) is 7.11 Å². The Morgan fingerprint density at radius 1 is 1.69 bits per heavy atom. The predicted molar refractivity (Wildman–Crippen MR) is 49.0 cm³/mol. The average Bonchev–Trinajstić information content (AvgIpc) is 2.19. The Morgan fingerprint density at radius 3 is 3.15 bits per heavy atom. The molecular formula is C8H8N2O2S. The summed E-state index contributed by atoms with van der Waals surface area (Å²) in [6, 6.07) is 1.76. The molecule has 0 saturated carbocycles. The molecule has 0 saturated heterocycles. The third-order valence-corrected chi connectivity index (χ3v) is 1.90. The molecule has 5 heteroatoms. The van der Waals surface area contributed by atoms with Gasteiger partial charge >= 0.3 is 5.97 Å². The van der Waals surface area contributed by atoms with E-state index >= 15 is 0 Å². The summed E-state index contributed by atoms with van der Waals surface area (Å²) in [5.41, 5.74) is 0. The smallest absolute Gasteiger partial charge is 0.330 e. The van der Waals surface area contributed by atoms with Crippen molar-refractivity contribution in [2.24, 2.45) is 0 Å². The third kappa shape index (κ3) is 3.71. The van der Waals surface area contributed by atoms with E-state index in [2.05, 4.69) is 14.7 Å². The molecule has 0 fully saturated rings. The molecular weight excluding hydrogens is 188 g/mol. The normalized spacial score (nSPS) is 10.2. The number of nitrogens with zero attached hydrogens (tertiary/aromatic N) is 2. The highest BCUT2D eigenvalue weighted by Crippen LogP contribution is 2.13. The molecule has 0 aromatic carbocycles. The highest BCUT2D eigenvalue weighted by Gasteiger charge is 1.92. The lowest BCUT2D eigenvalue weighted by Gasteiger charge is -1.92. The van der Waals surface area contributed by atoms with Gasteiger partial charge in [-0.05, 0) is 11.5 Å². The number of esters is 1. The van der Waals surface area contributed by atoms with Crippen LogP contribution in [0, 0.1) is 0 Å². The van der Waals surface area contributed by atoms with Crippen molar-refractivity contribution in [3.05, 3.63) is 30.1 Å². The highest BCUT2D eigenvalue weighted by atomic mass is 32.2.